The van der Waals surface area contributed by atoms with Gasteiger partial charge in [0.1, 0.15) is 5.75 Å². The van der Waals surface area contributed by atoms with Crippen LogP contribution in [0.3, 0.4) is 0 Å². The van der Waals surface area contributed by atoms with Gasteiger partial charge in [0.25, 0.3) is 5.91 Å². The van der Waals surface area contributed by atoms with Crippen LogP contribution in [0.15, 0.2) is 40.9 Å². The Labute approximate surface area is 171 Å². The van der Waals surface area contributed by atoms with Crippen molar-refractivity contribution in [3.8, 4) is 5.75 Å². The first kappa shape index (κ1) is 21.5. The number of halogens is 1. The molecular weight excluding hydrogens is 402 g/mol. The molecule has 0 aliphatic heterocycles. The molecule has 2 rings (SSSR count). The second kappa shape index (κ2) is 8.92. The maximum atomic E-state index is 12.4. The Morgan fingerprint density at radius 1 is 1.11 bits per heavy atom. The van der Waals surface area contributed by atoms with Gasteiger partial charge >= 0.3 is 0 Å². The number of carbonyl (C=O) groups excluding carboxylic acids is 1. The molecule has 0 radical (unpaired) electrons. The van der Waals surface area contributed by atoms with E-state index in [1.807, 2.05) is 12.1 Å². The summed E-state index contributed by atoms with van der Waals surface area (Å²) in [5.41, 5.74) is 4.90. The molecular formula is C23H30BrNO2. The predicted molar refractivity (Wildman–Crippen MR) is 115 cm³/mol. The minimum absolute atomic E-state index is 0.00515. The molecule has 0 aliphatic rings. The minimum Gasteiger partial charge on any atom is -0.483 e. The first-order valence-corrected chi connectivity index (χ1v) is 10.2. The van der Waals surface area contributed by atoms with Crippen LogP contribution in [0.5, 0.6) is 5.75 Å². The van der Waals surface area contributed by atoms with E-state index in [1.54, 1.807) is 0 Å². The van der Waals surface area contributed by atoms with Gasteiger partial charge in [-0.3, -0.25) is 4.79 Å². The van der Waals surface area contributed by atoms with Gasteiger partial charge in [-0.1, -0.05) is 52.0 Å². The monoisotopic (exact) mass is 431 g/mol. The van der Waals surface area contributed by atoms with Crippen LogP contribution in [0.4, 0.5) is 0 Å². The summed E-state index contributed by atoms with van der Waals surface area (Å²) in [4.78, 5) is 12.4. The molecule has 1 unspecified atom stereocenters. The van der Waals surface area contributed by atoms with Crippen molar-refractivity contribution < 1.29 is 9.53 Å². The van der Waals surface area contributed by atoms with Crippen molar-refractivity contribution >= 4 is 21.8 Å². The maximum absolute atomic E-state index is 12.4. The molecule has 2 aromatic rings. The van der Waals surface area contributed by atoms with Gasteiger partial charge in [0.15, 0.2) is 6.61 Å². The highest BCUT2D eigenvalue weighted by Gasteiger charge is 2.17. The number of hydrogen-bond donors (Lipinski definition) is 1. The zero-order chi connectivity index (χ0) is 20.2. The number of benzene rings is 2. The van der Waals surface area contributed by atoms with E-state index in [0.717, 1.165) is 16.5 Å². The molecule has 27 heavy (non-hydrogen) atoms. The standard InChI is InChI=1S/C23H30BrNO2/c1-7-20(17-9-8-15(2)16(3)12-17)25-22(26)14-27-21-11-10-18(13-19(21)24)23(4,5)6/h8-13,20H,7,14H2,1-6H3,(H,25,26). The first-order valence-electron chi connectivity index (χ1n) is 9.41. The molecule has 0 aromatic heterocycles. The van der Waals surface area contributed by atoms with Crippen LogP contribution in [0, 0.1) is 13.8 Å². The van der Waals surface area contributed by atoms with Crippen molar-refractivity contribution in [2.75, 3.05) is 6.61 Å². The fraction of sp³-hybridized carbons (Fsp3) is 0.435. The molecule has 0 saturated heterocycles. The zero-order valence-electron chi connectivity index (χ0n) is 17.2. The van der Waals surface area contributed by atoms with Crippen molar-refractivity contribution in [3.63, 3.8) is 0 Å². The van der Waals surface area contributed by atoms with Crippen LogP contribution < -0.4 is 10.1 Å². The van der Waals surface area contributed by atoms with Gasteiger partial charge in [0.2, 0.25) is 0 Å². The third kappa shape index (κ3) is 5.83. The molecule has 0 bridgehead atoms. The van der Waals surface area contributed by atoms with Gasteiger partial charge in [-0.05, 0) is 76.0 Å². The lowest BCUT2D eigenvalue weighted by Crippen LogP contribution is -2.32. The lowest BCUT2D eigenvalue weighted by Gasteiger charge is -2.21. The third-order valence-electron chi connectivity index (χ3n) is 4.83. The Balaban J connectivity index is 1.99. The summed E-state index contributed by atoms with van der Waals surface area (Å²) >= 11 is 3.55. The van der Waals surface area contributed by atoms with Crippen molar-refractivity contribution in [3.05, 3.63) is 63.1 Å². The quantitative estimate of drug-likeness (QED) is 0.607. The van der Waals surface area contributed by atoms with Crippen LogP contribution in [-0.2, 0) is 10.2 Å². The summed E-state index contributed by atoms with van der Waals surface area (Å²) in [6.07, 6.45) is 0.832. The molecule has 0 fully saturated rings. The highest BCUT2D eigenvalue weighted by molar-refractivity contribution is 9.10. The summed E-state index contributed by atoms with van der Waals surface area (Å²) in [5.74, 6) is 0.559. The summed E-state index contributed by atoms with van der Waals surface area (Å²) in [5, 5.41) is 3.08. The summed E-state index contributed by atoms with van der Waals surface area (Å²) in [6.45, 7) is 12.8. The Bertz CT molecular complexity index is 809. The average Bonchev–Trinajstić information content (AvgIpc) is 2.60. The van der Waals surface area contributed by atoms with E-state index < -0.39 is 0 Å². The zero-order valence-corrected chi connectivity index (χ0v) is 18.7. The molecule has 0 heterocycles. The molecule has 1 amide bonds. The molecule has 0 saturated carbocycles. The smallest absolute Gasteiger partial charge is 0.258 e. The molecule has 2 aromatic carbocycles. The van der Waals surface area contributed by atoms with Gasteiger partial charge in [0.05, 0.1) is 10.5 Å². The lowest BCUT2D eigenvalue weighted by atomic mass is 9.87. The molecule has 146 valence electrons. The Hall–Kier alpha value is -1.81. The number of amides is 1. The van der Waals surface area contributed by atoms with Gasteiger partial charge in [-0.25, -0.2) is 0 Å². The third-order valence-corrected chi connectivity index (χ3v) is 5.45. The highest BCUT2D eigenvalue weighted by Crippen LogP contribution is 2.31. The summed E-state index contributed by atoms with van der Waals surface area (Å²) in [6, 6.07) is 12.3. The molecule has 1 atom stereocenters. The van der Waals surface area contributed by atoms with Crippen LogP contribution in [0.2, 0.25) is 0 Å². The van der Waals surface area contributed by atoms with Crippen molar-refractivity contribution in [1.29, 1.82) is 0 Å². The van der Waals surface area contributed by atoms with Gasteiger partial charge in [0, 0.05) is 0 Å². The second-order valence-corrected chi connectivity index (χ2v) is 8.91. The van der Waals surface area contributed by atoms with E-state index in [0.29, 0.717) is 5.75 Å². The Morgan fingerprint density at radius 3 is 2.37 bits per heavy atom. The maximum Gasteiger partial charge on any atom is 0.258 e. The second-order valence-electron chi connectivity index (χ2n) is 8.06. The summed E-state index contributed by atoms with van der Waals surface area (Å²) in [7, 11) is 0. The molecule has 0 aliphatic carbocycles. The van der Waals surface area contributed by atoms with E-state index in [9.17, 15) is 4.79 Å². The normalized spacial score (nSPS) is 12.6. The van der Waals surface area contributed by atoms with Gasteiger partial charge in [-0.15, -0.1) is 0 Å². The minimum atomic E-state index is -0.119. The summed E-state index contributed by atoms with van der Waals surface area (Å²) < 4.78 is 6.60. The predicted octanol–water partition coefficient (Wildman–Crippen LogP) is 6.01. The number of rotatable bonds is 6. The van der Waals surface area contributed by atoms with Crippen LogP contribution in [-0.4, -0.2) is 12.5 Å². The number of nitrogens with one attached hydrogen (secondary N) is 1. The van der Waals surface area contributed by atoms with E-state index in [-0.39, 0.29) is 24.0 Å². The van der Waals surface area contributed by atoms with E-state index in [1.165, 1.54) is 16.7 Å². The van der Waals surface area contributed by atoms with E-state index >= 15 is 0 Å². The first-order chi connectivity index (χ1) is 12.6. The van der Waals surface area contributed by atoms with Crippen LogP contribution in [0.1, 0.15) is 62.4 Å². The van der Waals surface area contributed by atoms with E-state index in [4.69, 9.17) is 4.74 Å². The number of hydrogen-bond acceptors (Lipinski definition) is 2. The Kier molecular flexibility index (Phi) is 7.10. The lowest BCUT2D eigenvalue weighted by molar-refractivity contribution is -0.123. The van der Waals surface area contributed by atoms with Gasteiger partial charge < -0.3 is 10.1 Å². The largest absolute Gasteiger partial charge is 0.483 e. The van der Waals surface area contributed by atoms with Crippen molar-refractivity contribution in [2.24, 2.45) is 0 Å². The van der Waals surface area contributed by atoms with Crippen LogP contribution >= 0.6 is 15.9 Å². The molecule has 4 heteroatoms. The fourth-order valence-electron chi connectivity index (χ4n) is 2.87. The number of ether oxygens (including phenoxy) is 1. The van der Waals surface area contributed by atoms with Crippen LogP contribution in [0.25, 0.3) is 0 Å². The number of aryl methyl sites for hydroxylation is 2. The highest BCUT2D eigenvalue weighted by atomic mass is 79.9. The van der Waals surface area contributed by atoms with Crippen molar-refractivity contribution in [2.45, 2.75) is 59.4 Å². The Morgan fingerprint density at radius 2 is 1.81 bits per heavy atom. The average molecular weight is 432 g/mol. The molecule has 1 N–H and O–H groups in total. The van der Waals surface area contributed by atoms with E-state index in [2.05, 4.69) is 87.1 Å². The number of carbonyl (C=O) groups is 1. The molecule has 0 spiro atoms. The fourth-order valence-corrected chi connectivity index (χ4v) is 3.36. The molecule has 3 nitrogen and oxygen atoms in total. The van der Waals surface area contributed by atoms with Crippen molar-refractivity contribution in [1.82, 2.24) is 5.32 Å². The topological polar surface area (TPSA) is 38.3 Å². The SMILES string of the molecule is CCC(NC(=O)COc1ccc(C(C)(C)C)cc1Br)c1ccc(C)c(C)c1. The van der Waals surface area contributed by atoms with Gasteiger partial charge in [-0.2, -0.15) is 0 Å².